The van der Waals surface area contributed by atoms with Crippen LogP contribution in [0.5, 0.6) is 5.75 Å². The Hall–Kier alpha value is -2.79. The van der Waals surface area contributed by atoms with Crippen LogP contribution in [-0.2, 0) is 11.2 Å². The van der Waals surface area contributed by atoms with Crippen molar-refractivity contribution < 1.29 is 24.8 Å². The number of fused-ring (bicyclic) bond motifs is 2. The van der Waals surface area contributed by atoms with Crippen LogP contribution in [0.1, 0.15) is 43.2 Å². The van der Waals surface area contributed by atoms with Crippen LogP contribution in [-0.4, -0.2) is 66.4 Å². The second-order valence-electron chi connectivity index (χ2n) is 8.12. The minimum atomic E-state index is -1.21. The molecule has 170 valence electrons. The molecule has 1 saturated heterocycles. The number of nitrogens with one attached hydrogen (secondary N) is 1. The molecule has 1 aliphatic heterocycles. The van der Waals surface area contributed by atoms with E-state index in [4.69, 9.17) is 9.47 Å². The van der Waals surface area contributed by atoms with Crippen LogP contribution < -0.4 is 10.1 Å². The number of hydrogen-bond acceptors (Lipinski definition) is 9. The zero-order valence-electron chi connectivity index (χ0n) is 17.8. The van der Waals surface area contributed by atoms with E-state index in [0.29, 0.717) is 23.6 Å². The molecule has 0 amide bonds. The van der Waals surface area contributed by atoms with Crippen LogP contribution in [0.4, 0.5) is 5.82 Å². The fourth-order valence-electron chi connectivity index (χ4n) is 4.67. The number of anilines is 1. The topological polar surface area (TPSA) is 135 Å². The predicted octanol–water partition coefficient (Wildman–Crippen LogP) is 1.33. The molecule has 1 aromatic carbocycles. The Morgan fingerprint density at radius 1 is 1.22 bits per heavy atom. The molecule has 32 heavy (non-hydrogen) atoms. The lowest BCUT2D eigenvalue weighted by Gasteiger charge is -2.28. The number of aromatic nitrogens is 4. The number of benzene rings is 1. The molecule has 0 radical (unpaired) electrons. The molecule has 0 saturated carbocycles. The fourth-order valence-corrected chi connectivity index (χ4v) is 4.67. The molecule has 5 atom stereocenters. The van der Waals surface area contributed by atoms with Gasteiger partial charge in [0.25, 0.3) is 0 Å². The van der Waals surface area contributed by atoms with Crippen LogP contribution in [0.3, 0.4) is 0 Å². The summed E-state index contributed by atoms with van der Waals surface area (Å²) in [5.41, 5.74) is 3.42. The van der Waals surface area contributed by atoms with E-state index in [9.17, 15) is 15.3 Å². The van der Waals surface area contributed by atoms with Crippen molar-refractivity contribution in [2.24, 2.45) is 0 Å². The molecule has 10 nitrogen and oxygen atoms in total. The first-order valence-corrected chi connectivity index (χ1v) is 10.9. The SMILES string of the molecule is CCOc1cccc2c1CCCC2Nc1ncnc2c1ncn2C1OC(CO)C(O)C1O. The van der Waals surface area contributed by atoms with Gasteiger partial charge in [-0.2, -0.15) is 0 Å². The van der Waals surface area contributed by atoms with E-state index in [-0.39, 0.29) is 6.04 Å². The summed E-state index contributed by atoms with van der Waals surface area (Å²) in [6, 6.07) is 6.19. The smallest absolute Gasteiger partial charge is 0.167 e. The maximum absolute atomic E-state index is 10.4. The zero-order valence-corrected chi connectivity index (χ0v) is 17.8. The summed E-state index contributed by atoms with van der Waals surface area (Å²) >= 11 is 0. The standard InChI is InChI=1S/C22H27N5O5/c1-2-31-15-8-4-5-12-13(15)6-3-7-14(12)26-20-17-21(24-10-23-20)27(11-25-17)22-19(30)18(29)16(9-28)32-22/h4-5,8,10-11,14,16,18-19,22,28-30H,2-3,6-7,9H2,1H3,(H,23,24,26). The Labute approximate surface area is 184 Å². The molecule has 4 N–H and O–H groups in total. The van der Waals surface area contributed by atoms with Crippen molar-refractivity contribution in [3.8, 4) is 5.75 Å². The number of ether oxygens (including phenoxy) is 2. The van der Waals surface area contributed by atoms with Gasteiger partial charge >= 0.3 is 0 Å². The van der Waals surface area contributed by atoms with Crippen LogP contribution in [0.2, 0.25) is 0 Å². The van der Waals surface area contributed by atoms with E-state index < -0.39 is 31.1 Å². The summed E-state index contributed by atoms with van der Waals surface area (Å²) in [6.45, 7) is 2.21. The molecular weight excluding hydrogens is 414 g/mol. The van der Waals surface area contributed by atoms with Crippen LogP contribution in [0.15, 0.2) is 30.9 Å². The first kappa shape index (κ1) is 21.1. The number of imidazole rings is 1. The van der Waals surface area contributed by atoms with Crippen molar-refractivity contribution in [1.29, 1.82) is 0 Å². The number of hydrogen-bond donors (Lipinski definition) is 4. The molecule has 5 rings (SSSR count). The Morgan fingerprint density at radius 2 is 2.09 bits per heavy atom. The van der Waals surface area contributed by atoms with Gasteiger partial charge in [-0.1, -0.05) is 12.1 Å². The van der Waals surface area contributed by atoms with Gasteiger partial charge in [0.1, 0.15) is 30.4 Å². The predicted molar refractivity (Wildman–Crippen MR) is 115 cm³/mol. The minimum absolute atomic E-state index is 0.0521. The Balaban J connectivity index is 1.46. The highest BCUT2D eigenvalue weighted by Crippen LogP contribution is 2.38. The summed E-state index contributed by atoms with van der Waals surface area (Å²) < 4.78 is 13.0. The normalized spacial score (nSPS) is 27.4. The number of aliphatic hydroxyl groups excluding tert-OH is 3. The Kier molecular flexibility index (Phi) is 5.68. The second kappa shape index (κ2) is 8.62. The van der Waals surface area contributed by atoms with Crippen LogP contribution in [0.25, 0.3) is 11.2 Å². The van der Waals surface area contributed by atoms with Gasteiger partial charge in [0, 0.05) is 0 Å². The largest absolute Gasteiger partial charge is 0.494 e. The van der Waals surface area contributed by atoms with Gasteiger partial charge in [0.05, 0.1) is 25.6 Å². The van der Waals surface area contributed by atoms with Crippen molar-refractivity contribution >= 4 is 17.0 Å². The molecule has 1 fully saturated rings. The summed E-state index contributed by atoms with van der Waals surface area (Å²) in [7, 11) is 0. The fraction of sp³-hybridized carbons (Fsp3) is 0.500. The third-order valence-electron chi connectivity index (χ3n) is 6.23. The van der Waals surface area contributed by atoms with Gasteiger partial charge in [0.2, 0.25) is 0 Å². The van der Waals surface area contributed by atoms with Gasteiger partial charge in [-0.25, -0.2) is 15.0 Å². The quantitative estimate of drug-likeness (QED) is 0.447. The molecule has 5 unspecified atom stereocenters. The first-order valence-electron chi connectivity index (χ1n) is 10.9. The summed E-state index contributed by atoms with van der Waals surface area (Å²) in [5, 5.41) is 33.4. The van der Waals surface area contributed by atoms with E-state index in [1.165, 1.54) is 23.8 Å². The lowest BCUT2D eigenvalue weighted by Crippen LogP contribution is -2.33. The van der Waals surface area contributed by atoms with Crippen molar-refractivity contribution in [1.82, 2.24) is 19.5 Å². The van der Waals surface area contributed by atoms with Crippen LogP contribution in [0, 0.1) is 0 Å². The molecule has 3 aromatic rings. The number of aliphatic hydroxyl groups is 3. The van der Waals surface area contributed by atoms with Gasteiger partial charge in [-0.15, -0.1) is 0 Å². The third-order valence-corrected chi connectivity index (χ3v) is 6.23. The maximum Gasteiger partial charge on any atom is 0.167 e. The second-order valence-corrected chi connectivity index (χ2v) is 8.12. The molecule has 2 aliphatic rings. The zero-order chi connectivity index (χ0) is 22.2. The summed E-state index contributed by atoms with van der Waals surface area (Å²) in [5.74, 6) is 1.51. The molecule has 10 heteroatoms. The summed E-state index contributed by atoms with van der Waals surface area (Å²) in [6.07, 6.45) is 1.71. The third kappa shape index (κ3) is 3.49. The van der Waals surface area contributed by atoms with Crippen molar-refractivity contribution in [2.45, 2.75) is 56.8 Å². The average molecular weight is 441 g/mol. The molecular formula is C22H27N5O5. The van der Waals surface area contributed by atoms with Gasteiger partial charge < -0.3 is 30.1 Å². The highest BCUT2D eigenvalue weighted by atomic mass is 16.6. The van der Waals surface area contributed by atoms with Gasteiger partial charge in [-0.05, 0) is 43.4 Å². The monoisotopic (exact) mass is 441 g/mol. The Morgan fingerprint density at radius 3 is 2.88 bits per heavy atom. The highest BCUT2D eigenvalue weighted by Gasteiger charge is 2.44. The molecule has 0 spiro atoms. The lowest BCUT2D eigenvalue weighted by molar-refractivity contribution is -0.0511. The minimum Gasteiger partial charge on any atom is -0.494 e. The van der Waals surface area contributed by atoms with Crippen molar-refractivity contribution in [2.75, 3.05) is 18.5 Å². The molecule has 0 bridgehead atoms. The lowest BCUT2D eigenvalue weighted by atomic mass is 9.87. The molecule has 2 aromatic heterocycles. The van der Waals surface area contributed by atoms with E-state index in [1.54, 1.807) is 4.57 Å². The van der Waals surface area contributed by atoms with Gasteiger partial charge in [-0.3, -0.25) is 4.57 Å². The summed E-state index contributed by atoms with van der Waals surface area (Å²) in [4.78, 5) is 13.2. The van der Waals surface area contributed by atoms with E-state index in [1.807, 2.05) is 19.1 Å². The van der Waals surface area contributed by atoms with E-state index in [2.05, 4.69) is 26.3 Å². The number of nitrogens with zero attached hydrogens (tertiary/aromatic N) is 4. The molecule has 1 aliphatic carbocycles. The average Bonchev–Trinajstić information content (AvgIpc) is 3.36. The van der Waals surface area contributed by atoms with Crippen molar-refractivity contribution in [3.63, 3.8) is 0 Å². The van der Waals surface area contributed by atoms with Crippen LogP contribution >= 0.6 is 0 Å². The Bertz CT molecular complexity index is 1110. The van der Waals surface area contributed by atoms with Gasteiger partial charge in [0.15, 0.2) is 23.2 Å². The maximum atomic E-state index is 10.4. The van der Waals surface area contributed by atoms with E-state index >= 15 is 0 Å². The van der Waals surface area contributed by atoms with Crippen molar-refractivity contribution in [3.05, 3.63) is 42.0 Å². The first-order chi connectivity index (χ1) is 15.6. The highest BCUT2D eigenvalue weighted by molar-refractivity contribution is 5.83. The number of rotatable bonds is 6. The molecule has 3 heterocycles. The van der Waals surface area contributed by atoms with E-state index in [0.717, 1.165) is 25.0 Å².